The number of hydrogen-bond donors (Lipinski definition) is 1. The molecule has 0 aliphatic rings. The second-order valence-corrected chi connectivity index (χ2v) is 5.53. The molecule has 1 heterocycles. The van der Waals surface area contributed by atoms with E-state index in [1.807, 2.05) is 12.1 Å². The van der Waals surface area contributed by atoms with E-state index in [1.165, 1.54) is 10.3 Å². The van der Waals surface area contributed by atoms with Crippen LogP contribution in [0.4, 0.5) is 0 Å². The predicted molar refractivity (Wildman–Crippen MR) is 68.0 cm³/mol. The van der Waals surface area contributed by atoms with Crippen molar-refractivity contribution in [1.29, 1.82) is 0 Å². The van der Waals surface area contributed by atoms with Gasteiger partial charge >= 0.3 is 0 Å². The molecule has 1 nitrogen and oxygen atoms in total. The summed E-state index contributed by atoms with van der Waals surface area (Å²) in [4.78, 5) is 1.29. The van der Waals surface area contributed by atoms with Crippen molar-refractivity contribution in [2.45, 2.75) is 4.90 Å². The fourth-order valence-corrected chi connectivity index (χ4v) is 3.46. The van der Waals surface area contributed by atoms with E-state index in [1.54, 1.807) is 23.1 Å². The molecule has 0 aliphatic heterocycles. The van der Waals surface area contributed by atoms with Crippen molar-refractivity contribution in [2.24, 2.45) is 0 Å². The summed E-state index contributed by atoms with van der Waals surface area (Å²) in [6.07, 6.45) is 2.07. The fraction of sp³-hybridized carbons (Fsp3) is 0.111. The normalized spacial score (nSPS) is 10.9. The quantitative estimate of drug-likeness (QED) is 0.634. The molecule has 2 rings (SSSR count). The SMILES string of the molecule is CSc1csc2cc(O)c(I)cc12. The molecule has 13 heavy (non-hydrogen) atoms. The zero-order valence-corrected chi connectivity index (χ0v) is 10.7. The topological polar surface area (TPSA) is 20.2 Å². The summed E-state index contributed by atoms with van der Waals surface area (Å²) >= 11 is 5.57. The second kappa shape index (κ2) is 3.67. The third kappa shape index (κ3) is 1.67. The zero-order valence-electron chi connectivity index (χ0n) is 6.87. The molecule has 0 atom stereocenters. The molecule has 1 aromatic carbocycles. The summed E-state index contributed by atoms with van der Waals surface area (Å²) in [5.74, 6) is 0.377. The maximum Gasteiger partial charge on any atom is 0.130 e. The number of halogens is 1. The average Bonchev–Trinajstić information content (AvgIpc) is 2.48. The number of hydrogen-bond acceptors (Lipinski definition) is 3. The molecule has 0 spiro atoms. The Kier molecular flexibility index (Phi) is 2.71. The molecule has 0 saturated heterocycles. The molecule has 0 unspecified atom stereocenters. The Hall–Kier alpha value is 0.0600. The molecule has 0 radical (unpaired) electrons. The smallest absolute Gasteiger partial charge is 0.130 e. The van der Waals surface area contributed by atoms with Gasteiger partial charge in [0.1, 0.15) is 5.75 Å². The third-order valence-corrected chi connectivity index (χ3v) is 4.56. The number of thiophene rings is 1. The lowest BCUT2D eigenvalue weighted by atomic mass is 10.2. The molecule has 68 valence electrons. The first-order chi connectivity index (χ1) is 6.22. The number of phenols is 1. The zero-order chi connectivity index (χ0) is 9.42. The van der Waals surface area contributed by atoms with Crippen molar-refractivity contribution in [2.75, 3.05) is 6.26 Å². The van der Waals surface area contributed by atoms with Gasteiger partial charge in [0, 0.05) is 20.4 Å². The van der Waals surface area contributed by atoms with Crippen molar-refractivity contribution >= 4 is 55.8 Å². The Morgan fingerprint density at radius 3 is 2.92 bits per heavy atom. The van der Waals surface area contributed by atoms with Crippen molar-refractivity contribution < 1.29 is 5.11 Å². The maximum absolute atomic E-state index is 9.49. The van der Waals surface area contributed by atoms with Crippen LogP contribution in [0.5, 0.6) is 5.75 Å². The molecule has 0 amide bonds. The minimum absolute atomic E-state index is 0.377. The maximum atomic E-state index is 9.49. The summed E-state index contributed by atoms with van der Waals surface area (Å²) in [6, 6.07) is 3.87. The summed E-state index contributed by atoms with van der Waals surface area (Å²) in [5.41, 5.74) is 0. The lowest BCUT2D eigenvalue weighted by molar-refractivity contribution is 0.472. The van der Waals surface area contributed by atoms with Crippen molar-refractivity contribution in [3.8, 4) is 5.75 Å². The van der Waals surface area contributed by atoms with Crippen LogP contribution in [0.15, 0.2) is 22.4 Å². The lowest BCUT2D eigenvalue weighted by Crippen LogP contribution is -1.73. The van der Waals surface area contributed by atoms with Crippen LogP contribution in [0.25, 0.3) is 10.1 Å². The van der Waals surface area contributed by atoms with E-state index < -0.39 is 0 Å². The van der Waals surface area contributed by atoms with Gasteiger partial charge in [-0.15, -0.1) is 23.1 Å². The summed E-state index contributed by atoms with van der Waals surface area (Å²) in [6.45, 7) is 0. The lowest BCUT2D eigenvalue weighted by Gasteiger charge is -1.98. The van der Waals surface area contributed by atoms with Gasteiger partial charge < -0.3 is 5.11 Å². The van der Waals surface area contributed by atoms with Gasteiger partial charge in [-0.2, -0.15) is 0 Å². The van der Waals surface area contributed by atoms with Gasteiger partial charge in [-0.3, -0.25) is 0 Å². The van der Waals surface area contributed by atoms with Gasteiger partial charge in [0.05, 0.1) is 3.57 Å². The van der Waals surface area contributed by atoms with Crippen LogP contribution in [-0.2, 0) is 0 Å². The van der Waals surface area contributed by atoms with Crippen LogP contribution in [0.3, 0.4) is 0 Å². The fourth-order valence-electron chi connectivity index (χ4n) is 1.17. The van der Waals surface area contributed by atoms with Crippen molar-refractivity contribution in [3.63, 3.8) is 0 Å². The highest BCUT2D eigenvalue weighted by Gasteiger charge is 2.06. The van der Waals surface area contributed by atoms with Crippen LogP contribution in [0.2, 0.25) is 0 Å². The van der Waals surface area contributed by atoms with Crippen molar-refractivity contribution in [3.05, 3.63) is 21.1 Å². The largest absolute Gasteiger partial charge is 0.507 e. The summed E-state index contributed by atoms with van der Waals surface area (Å²) in [7, 11) is 0. The summed E-state index contributed by atoms with van der Waals surface area (Å²) < 4.78 is 2.07. The van der Waals surface area contributed by atoms with E-state index in [9.17, 15) is 5.11 Å². The van der Waals surface area contributed by atoms with E-state index in [0.717, 1.165) is 8.27 Å². The Morgan fingerprint density at radius 2 is 2.23 bits per heavy atom. The molecule has 1 N–H and O–H groups in total. The van der Waals surface area contributed by atoms with E-state index >= 15 is 0 Å². The Bertz CT molecular complexity index is 450. The highest BCUT2D eigenvalue weighted by molar-refractivity contribution is 14.1. The first-order valence-corrected chi connectivity index (χ1v) is 6.84. The Morgan fingerprint density at radius 1 is 1.46 bits per heavy atom. The van der Waals surface area contributed by atoms with Gasteiger partial charge in [-0.1, -0.05) is 0 Å². The first kappa shape index (κ1) is 9.61. The van der Waals surface area contributed by atoms with Gasteiger partial charge in [0.15, 0.2) is 0 Å². The number of fused-ring (bicyclic) bond motifs is 1. The Labute approximate surface area is 98.3 Å². The number of thioether (sulfide) groups is 1. The molecule has 4 heteroatoms. The molecule has 0 aliphatic carbocycles. The monoisotopic (exact) mass is 322 g/mol. The van der Waals surface area contributed by atoms with Crippen LogP contribution in [-0.4, -0.2) is 11.4 Å². The molecule has 0 bridgehead atoms. The van der Waals surface area contributed by atoms with Gasteiger partial charge in [0.2, 0.25) is 0 Å². The Balaban J connectivity index is 2.77. The average molecular weight is 322 g/mol. The van der Waals surface area contributed by atoms with Crippen LogP contribution >= 0.6 is 45.7 Å². The number of aromatic hydroxyl groups is 1. The molecule has 0 fully saturated rings. The third-order valence-electron chi connectivity index (χ3n) is 1.83. The number of benzene rings is 1. The molecular weight excluding hydrogens is 315 g/mol. The van der Waals surface area contributed by atoms with Gasteiger partial charge in [-0.25, -0.2) is 0 Å². The van der Waals surface area contributed by atoms with Gasteiger partial charge in [0.25, 0.3) is 0 Å². The molecule has 0 saturated carbocycles. The van der Waals surface area contributed by atoms with Crippen molar-refractivity contribution in [1.82, 2.24) is 0 Å². The highest BCUT2D eigenvalue weighted by Crippen LogP contribution is 2.36. The van der Waals surface area contributed by atoms with Crippen LogP contribution in [0, 0.1) is 3.57 Å². The first-order valence-electron chi connectivity index (χ1n) is 3.66. The minimum atomic E-state index is 0.377. The second-order valence-electron chi connectivity index (χ2n) is 2.60. The standard InChI is InChI=1S/C9H7IOS2/c1-12-9-4-13-8-3-7(11)6(10)2-5(8)9/h2-4,11H,1H3. The highest BCUT2D eigenvalue weighted by atomic mass is 127. The number of phenolic OH excluding ortho intramolecular Hbond substituents is 1. The summed E-state index contributed by atoms with van der Waals surface area (Å²) in [5, 5.41) is 12.9. The molecule has 2 aromatic rings. The van der Waals surface area contributed by atoms with Crippen LogP contribution in [0.1, 0.15) is 0 Å². The van der Waals surface area contributed by atoms with E-state index in [0.29, 0.717) is 5.75 Å². The predicted octanol–water partition coefficient (Wildman–Crippen LogP) is 3.93. The van der Waals surface area contributed by atoms with E-state index in [2.05, 4.69) is 34.2 Å². The van der Waals surface area contributed by atoms with Gasteiger partial charge in [-0.05, 0) is 41.0 Å². The van der Waals surface area contributed by atoms with E-state index in [-0.39, 0.29) is 0 Å². The molecular formula is C9H7IOS2. The van der Waals surface area contributed by atoms with Crippen LogP contribution < -0.4 is 0 Å². The van der Waals surface area contributed by atoms with E-state index in [4.69, 9.17) is 0 Å². The minimum Gasteiger partial charge on any atom is -0.507 e. The molecule has 1 aromatic heterocycles. The number of rotatable bonds is 1.